The highest BCUT2D eigenvalue weighted by atomic mass is 16.5. The molecule has 1 saturated heterocycles. The maximum atomic E-state index is 5.48. The first-order chi connectivity index (χ1) is 12.5. The Bertz CT molecular complexity index is 566. The largest absolute Gasteiger partial charge is 0.371 e. The van der Waals surface area contributed by atoms with Gasteiger partial charge in [-0.1, -0.05) is 11.6 Å². The average molecular weight is 367 g/mol. The van der Waals surface area contributed by atoms with Crippen molar-refractivity contribution in [2.75, 3.05) is 33.3 Å². The second-order valence-corrected chi connectivity index (χ2v) is 7.28. The summed E-state index contributed by atoms with van der Waals surface area (Å²) in [7, 11) is 1.76. The zero-order valence-corrected chi connectivity index (χ0v) is 16.8. The van der Waals surface area contributed by atoms with Crippen LogP contribution in [0.4, 0.5) is 0 Å². The fourth-order valence-corrected chi connectivity index (χ4v) is 3.12. The Morgan fingerprint density at radius 1 is 1.31 bits per heavy atom. The molecule has 1 aromatic rings. The van der Waals surface area contributed by atoms with Crippen LogP contribution in [-0.2, 0) is 11.3 Å². The van der Waals surface area contributed by atoms with E-state index in [2.05, 4.69) is 44.5 Å². The van der Waals surface area contributed by atoms with Crippen LogP contribution in [0.5, 0.6) is 0 Å². The topological polar surface area (TPSA) is 87.8 Å². The Hall–Kier alpha value is -1.67. The van der Waals surface area contributed by atoms with Crippen LogP contribution in [0.2, 0.25) is 0 Å². The smallest absolute Gasteiger partial charge is 0.246 e. The van der Waals surface area contributed by atoms with Gasteiger partial charge in [0.2, 0.25) is 5.89 Å². The Balaban J connectivity index is 1.80. The van der Waals surface area contributed by atoms with Gasteiger partial charge >= 0.3 is 0 Å². The van der Waals surface area contributed by atoms with Gasteiger partial charge in [0, 0.05) is 25.7 Å². The molecule has 2 heterocycles. The van der Waals surface area contributed by atoms with E-state index in [1.165, 1.54) is 32.4 Å². The van der Waals surface area contributed by atoms with Gasteiger partial charge in [0.25, 0.3) is 0 Å². The summed E-state index contributed by atoms with van der Waals surface area (Å²) in [6.45, 7) is 12.6. The van der Waals surface area contributed by atoms with Gasteiger partial charge in [0.05, 0.1) is 6.54 Å². The summed E-state index contributed by atoms with van der Waals surface area (Å²) in [6, 6.07) is 0. The van der Waals surface area contributed by atoms with Gasteiger partial charge in [-0.2, -0.15) is 4.98 Å². The Kier molecular flexibility index (Phi) is 7.84. The standard InChI is InChI=1S/C18H34N6O2/c1-6-25-14(2)16-22-15(26-23-16)12-20-17(19-5)21-13-18(3,4)24-10-8-7-9-11-24/h14H,6-13H2,1-5H3,(H2,19,20,21). The lowest BCUT2D eigenvalue weighted by atomic mass is 9.98. The molecule has 1 aliphatic rings. The lowest BCUT2D eigenvalue weighted by molar-refractivity contribution is 0.0683. The molecule has 0 bridgehead atoms. The van der Waals surface area contributed by atoms with Gasteiger partial charge in [0.1, 0.15) is 6.10 Å². The van der Waals surface area contributed by atoms with Gasteiger partial charge in [0.15, 0.2) is 11.8 Å². The molecular formula is C18H34N6O2. The van der Waals surface area contributed by atoms with Gasteiger partial charge in [-0.05, 0) is 53.6 Å². The average Bonchev–Trinajstić information content (AvgIpc) is 3.12. The van der Waals surface area contributed by atoms with Crippen molar-refractivity contribution in [3.05, 3.63) is 11.7 Å². The van der Waals surface area contributed by atoms with E-state index >= 15 is 0 Å². The number of aliphatic imine (C=N–C) groups is 1. The minimum atomic E-state index is -0.166. The van der Waals surface area contributed by atoms with E-state index in [0.717, 1.165) is 12.5 Å². The fourth-order valence-electron chi connectivity index (χ4n) is 3.12. The monoisotopic (exact) mass is 366 g/mol. The predicted molar refractivity (Wildman–Crippen MR) is 102 cm³/mol. The molecule has 8 nitrogen and oxygen atoms in total. The SMILES string of the molecule is CCOC(C)c1noc(CNC(=NC)NCC(C)(C)N2CCCCC2)n1. The maximum Gasteiger partial charge on any atom is 0.246 e. The Morgan fingerprint density at radius 2 is 2.04 bits per heavy atom. The van der Waals surface area contributed by atoms with Crippen molar-refractivity contribution >= 4 is 5.96 Å². The third-order valence-corrected chi connectivity index (χ3v) is 4.80. The molecule has 0 aliphatic carbocycles. The van der Waals surface area contributed by atoms with Crippen LogP contribution in [0, 0.1) is 0 Å². The van der Waals surface area contributed by atoms with Crippen molar-refractivity contribution in [1.82, 2.24) is 25.7 Å². The predicted octanol–water partition coefficient (Wildman–Crippen LogP) is 2.10. The van der Waals surface area contributed by atoms with Crippen LogP contribution < -0.4 is 10.6 Å². The minimum Gasteiger partial charge on any atom is -0.371 e. The molecule has 0 aromatic carbocycles. The summed E-state index contributed by atoms with van der Waals surface area (Å²) in [5.41, 5.74) is 0.0859. The molecule has 26 heavy (non-hydrogen) atoms. The number of aromatic nitrogens is 2. The Labute approximate surface area is 156 Å². The molecule has 2 rings (SSSR count). The maximum absolute atomic E-state index is 5.48. The number of ether oxygens (including phenoxy) is 1. The van der Waals surface area contributed by atoms with Crippen molar-refractivity contribution in [2.45, 2.75) is 65.1 Å². The molecule has 2 N–H and O–H groups in total. The van der Waals surface area contributed by atoms with Crippen LogP contribution >= 0.6 is 0 Å². The zero-order valence-electron chi connectivity index (χ0n) is 16.8. The first kappa shape index (κ1) is 20.6. The summed E-state index contributed by atoms with van der Waals surface area (Å²) >= 11 is 0. The molecule has 1 atom stereocenters. The third kappa shape index (κ3) is 5.95. The number of likely N-dealkylation sites (tertiary alicyclic amines) is 1. The summed E-state index contributed by atoms with van der Waals surface area (Å²) in [4.78, 5) is 11.2. The van der Waals surface area contributed by atoms with E-state index in [1.54, 1.807) is 7.05 Å². The lowest BCUT2D eigenvalue weighted by Gasteiger charge is -2.41. The van der Waals surface area contributed by atoms with Gasteiger partial charge in [-0.25, -0.2) is 0 Å². The van der Waals surface area contributed by atoms with Crippen molar-refractivity contribution in [1.29, 1.82) is 0 Å². The molecule has 0 saturated carbocycles. The summed E-state index contributed by atoms with van der Waals surface area (Å²) in [5, 5.41) is 10.6. The van der Waals surface area contributed by atoms with Crippen LogP contribution in [-0.4, -0.2) is 59.8 Å². The number of nitrogens with one attached hydrogen (secondary N) is 2. The first-order valence-electron chi connectivity index (χ1n) is 9.60. The second kappa shape index (κ2) is 9.87. The molecule has 8 heteroatoms. The quantitative estimate of drug-likeness (QED) is 0.538. The van der Waals surface area contributed by atoms with Crippen molar-refractivity contribution in [3.63, 3.8) is 0 Å². The molecule has 148 valence electrons. The van der Waals surface area contributed by atoms with Crippen LogP contribution in [0.3, 0.4) is 0 Å². The molecule has 0 spiro atoms. The highest BCUT2D eigenvalue weighted by Crippen LogP contribution is 2.19. The number of hydrogen-bond acceptors (Lipinski definition) is 6. The number of guanidine groups is 1. The van der Waals surface area contributed by atoms with Crippen molar-refractivity contribution in [2.24, 2.45) is 4.99 Å². The molecule has 1 unspecified atom stereocenters. The molecule has 1 aromatic heterocycles. The van der Waals surface area contributed by atoms with Crippen molar-refractivity contribution in [3.8, 4) is 0 Å². The number of hydrogen-bond donors (Lipinski definition) is 2. The zero-order chi connectivity index (χ0) is 19.0. The second-order valence-electron chi connectivity index (χ2n) is 7.28. The summed E-state index contributed by atoms with van der Waals surface area (Å²) in [6.07, 6.45) is 3.75. The fraction of sp³-hybridized carbons (Fsp3) is 0.833. The molecular weight excluding hydrogens is 332 g/mol. The first-order valence-corrected chi connectivity index (χ1v) is 9.60. The molecule has 0 radical (unpaired) electrons. The van der Waals surface area contributed by atoms with Gasteiger partial charge < -0.3 is 19.9 Å². The highest BCUT2D eigenvalue weighted by Gasteiger charge is 2.27. The number of nitrogens with zero attached hydrogens (tertiary/aromatic N) is 4. The highest BCUT2D eigenvalue weighted by molar-refractivity contribution is 5.79. The molecule has 1 aliphatic heterocycles. The third-order valence-electron chi connectivity index (χ3n) is 4.80. The van der Waals surface area contributed by atoms with E-state index in [-0.39, 0.29) is 11.6 Å². The van der Waals surface area contributed by atoms with Crippen LogP contribution in [0.1, 0.15) is 64.8 Å². The van der Waals surface area contributed by atoms with Crippen LogP contribution in [0.25, 0.3) is 0 Å². The van der Waals surface area contributed by atoms with E-state index in [1.807, 2.05) is 13.8 Å². The normalized spacial score (nSPS) is 18.0. The summed E-state index contributed by atoms with van der Waals surface area (Å²) in [5.74, 6) is 1.82. The molecule has 1 fully saturated rings. The van der Waals surface area contributed by atoms with Crippen LogP contribution in [0.15, 0.2) is 9.52 Å². The van der Waals surface area contributed by atoms with Crippen molar-refractivity contribution < 1.29 is 9.26 Å². The molecule has 0 amide bonds. The van der Waals surface area contributed by atoms with Gasteiger partial charge in [-0.3, -0.25) is 9.89 Å². The van der Waals surface area contributed by atoms with Gasteiger partial charge in [-0.15, -0.1) is 0 Å². The van der Waals surface area contributed by atoms with E-state index in [0.29, 0.717) is 24.9 Å². The minimum absolute atomic E-state index is 0.0859. The van der Waals surface area contributed by atoms with E-state index in [4.69, 9.17) is 9.26 Å². The number of rotatable bonds is 8. The lowest BCUT2D eigenvalue weighted by Crippen LogP contribution is -2.54. The summed E-state index contributed by atoms with van der Waals surface area (Å²) < 4.78 is 10.7. The van der Waals surface area contributed by atoms with E-state index in [9.17, 15) is 0 Å². The number of piperidine rings is 1. The van der Waals surface area contributed by atoms with E-state index < -0.39 is 0 Å². The Morgan fingerprint density at radius 3 is 2.69 bits per heavy atom.